The second-order valence-corrected chi connectivity index (χ2v) is 7.15. The molecule has 3 aromatic rings. The van der Waals surface area contributed by atoms with Crippen LogP contribution in [0.1, 0.15) is 44.3 Å². The first-order valence-corrected chi connectivity index (χ1v) is 9.78. The molecule has 154 valence electrons. The Kier molecular flexibility index (Phi) is 5.62. The van der Waals surface area contributed by atoms with Crippen LogP contribution in [0.4, 0.5) is 5.69 Å². The average Bonchev–Trinajstić information content (AvgIpc) is 3.23. The number of carboxylic acids is 2. The normalized spacial score (nSPS) is 15.8. The van der Waals surface area contributed by atoms with Crippen LogP contribution in [0.25, 0.3) is 6.08 Å². The lowest BCUT2D eigenvalue weighted by atomic mass is 10.00. The van der Waals surface area contributed by atoms with Crippen LogP contribution in [0.2, 0.25) is 0 Å². The highest BCUT2D eigenvalue weighted by atomic mass is 16.4. The first kappa shape index (κ1) is 20.1. The summed E-state index contributed by atoms with van der Waals surface area (Å²) in [6.45, 7) is 0. The molecule has 0 aromatic heterocycles. The van der Waals surface area contributed by atoms with Gasteiger partial charge in [-0.05, 0) is 35.4 Å². The first-order chi connectivity index (χ1) is 15.0. The maximum Gasteiger partial charge on any atom is 0.336 e. The predicted molar refractivity (Wildman–Crippen MR) is 120 cm³/mol. The number of aromatic carboxylic acids is 2. The standard InChI is InChI=1S/C25H20N2O4/c28-24(29)21-14-13-20(16-22(21)25(30)31)27-23(18-9-5-2-6-10-18)15-19(26-27)12-11-17-7-3-1-4-8-17/h1-14,16,23H,15H2,(H,28,29)(H,30,31)/b12-11+. The minimum absolute atomic E-state index is 0.131. The quantitative estimate of drug-likeness (QED) is 0.588. The van der Waals surface area contributed by atoms with Gasteiger partial charge in [0, 0.05) is 6.42 Å². The van der Waals surface area contributed by atoms with Crippen LogP contribution in [0, 0.1) is 0 Å². The van der Waals surface area contributed by atoms with Gasteiger partial charge in [-0.1, -0.05) is 66.7 Å². The molecule has 2 N–H and O–H groups in total. The molecule has 1 aliphatic heterocycles. The lowest BCUT2D eigenvalue weighted by Gasteiger charge is -2.24. The molecule has 0 fully saturated rings. The summed E-state index contributed by atoms with van der Waals surface area (Å²) in [7, 11) is 0. The fourth-order valence-corrected chi connectivity index (χ4v) is 3.60. The lowest BCUT2D eigenvalue weighted by Crippen LogP contribution is -2.19. The third kappa shape index (κ3) is 4.38. The molecule has 6 heteroatoms. The molecule has 4 rings (SSSR count). The molecular weight excluding hydrogens is 392 g/mol. The summed E-state index contributed by atoms with van der Waals surface area (Å²) in [5.41, 5.74) is 2.95. The monoisotopic (exact) mass is 412 g/mol. The van der Waals surface area contributed by atoms with Crippen molar-refractivity contribution in [2.75, 3.05) is 5.01 Å². The van der Waals surface area contributed by atoms with E-state index in [2.05, 4.69) is 0 Å². The van der Waals surface area contributed by atoms with Crippen molar-refractivity contribution in [1.82, 2.24) is 0 Å². The molecule has 1 atom stereocenters. The number of nitrogens with zero attached hydrogens (tertiary/aromatic N) is 2. The van der Waals surface area contributed by atoms with Gasteiger partial charge in [-0.25, -0.2) is 9.59 Å². The summed E-state index contributed by atoms with van der Waals surface area (Å²) >= 11 is 0. The van der Waals surface area contributed by atoms with Crippen molar-refractivity contribution in [3.8, 4) is 0 Å². The number of hydrogen-bond donors (Lipinski definition) is 2. The van der Waals surface area contributed by atoms with Crippen LogP contribution in [-0.4, -0.2) is 27.9 Å². The van der Waals surface area contributed by atoms with Crippen molar-refractivity contribution in [3.63, 3.8) is 0 Å². The van der Waals surface area contributed by atoms with E-state index in [-0.39, 0.29) is 17.2 Å². The first-order valence-electron chi connectivity index (χ1n) is 9.78. The summed E-state index contributed by atoms with van der Waals surface area (Å²) in [6, 6.07) is 23.9. The Morgan fingerprint density at radius 2 is 1.48 bits per heavy atom. The minimum atomic E-state index is -1.29. The largest absolute Gasteiger partial charge is 0.478 e. The second-order valence-electron chi connectivity index (χ2n) is 7.15. The van der Waals surface area contributed by atoms with E-state index in [1.807, 2.05) is 72.8 Å². The highest BCUT2D eigenvalue weighted by Gasteiger charge is 2.29. The Balaban J connectivity index is 1.73. The Bertz CT molecular complexity index is 1170. The van der Waals surface area contributed by atoms with Gasteiger partial charge in [0.15, 0.2) is 0 Å². The maximum atomic E-state index is 11.6. The lowest BCUT2D eigenvalue weighted by molar-refractivity contribution is 0.0651. The molecule has 0 amide bonds. The number of allylic oxidation sites excluding steroid dienone is 1. The molecule has 31 heavy (non-hydrogen) atoms. The Morgan fingerprint density at radius 1 is 0.839 bits per heavy atom. The zero-order valence-corrected chi connectivity index (χ0v) is 16.6. The number of hydrogen-bond acceptors (Lipinski definition) is 4. The topological polar surface area (TPSA) is 90.2 Å². The van der Waals surface area contributed by atoms with E-state index >= 15 is 0 Å². The van der Waals surface area contributed by atoms with E-state index in [0.717, 1.165) is 16.8 Å². The summed E-state index contributed by atoms with van der Waals surface area (Å²) in [5.74, 6) is -2.57. The zero-order valence-electron chi connectivity index (χ0n) is 16.6. The van der Waals surface area contributed by atoms with Crippen molar-refractivity contribution < 1.29 is 19.8 Å². The van der Waals surface area contributed by atoms with Gasteiger partial charge < -0.3 is 10.2 Å². The predicted octanol–water partition coefficient (Wildman–Crippen LogP) is 5.10. The van der Waals surface area contributed by atoms with Gasteiger partial charge in [-0.2, -0.15) is 5.10 Å². The van der Waals surface area contributed by atoms with Crippen molar-refractivity contribution in [3.05, 3.63) is 107 Å². The zero-order chi connectivity index (χ0) is 21.8. The van der Waals surface area contributed by atoms with E-state index in [1.165, 1.54) is 12.1 Å². The molecule has 6 nitrogen and oxygen atoms in total. The van der Waals surface area contributed by atoms with Gasteiger partial charge in [0.05, 0.1) is 28.6 Å². The van der Waals surface area contributed by atoms with Crippen molar-refractivity contribution in [2.45, 2.75) is 12.5 Å². The van der Waals surface area contributed by atoms with Crippen LogP contribution in [0.15, 0.2) is 90.0 Å². The molecule has 1 unspecified atom stereocenters. The van der Waals surface area contributed by atoms with Crippen LogP contribution in [-0.2, 0) is 0 Å². The molecule has 0 aliphatic carbocycles. The van der Waals surface area contributed by atoms with Gasteiger partial charge in [0.25, 0.3) is 0 Å². The van der Waals surface area contributed by atoms with E-state index in [1.54, 1.807) is 11.1 Å². The summed E-state index contributed by atoms with van der Waals surface area (Å²) in [5, 5.41) is 25.3. The Hall–Kier alpha value is -4.19. The smallest absolute Gasteiger partial charge is 0.336 e. The van der Waals surface area contributed by atoms with Gasteiger partial charge in [0.2, 0.25) is 0 Å². The van der Waals surface area contributed by atoms with E-state index < -0.39 is 11.9 Å². The van der Waals surface area contributed by atoms with Crippen molar-refractivity contribution in [2.24, 2.45) is 5.10 Å². The van der Waals surface area contributed by atoms with Crippen LogP contribution >= 0.6 is 0 Å². The van der Waals surface area contributed by atoms with E-state index in [0.29, 0.717) is 12.1 Å². The van der Waals surface area contributed by atoms with Gasteiger partial charge in [0.1, 0.15) is 0 Å². The Morgan fingerprint density at radius 3 is 2.13 bits per heavy atom. The average molecular weight is 412 g/mol. The molecule has 1 aliphatic rings. The number of hydrazone groups is 1. The molecule has 0 saturated carbocycles. The number of anilines is 1. The summed E-state index contributed by atoms with van der Waals surface area (Å²) in [6.07, 6.45) is 4.58. The molecule has 3 aromatic carbocycles. The number of rotatable bonds is 6. The molecule has 1 heterocycles. The minimum Gasteiger partial charge on any atom is -0.478 e. The van der Waals surface area contributed by atoms with Gasteiger partial charge in [-0.3, -0.25) is 5.01 Å². The van der Waals surface area contributed by atoms with Crippen molar-refractivity contribution in [1.29, 1.82) is 0 Å². The highest BCUT2D eigenvalue weighted by Crippen LogP contribution is 2.36. The van der Waals surface area contributed by atoms with Crippen LogP contribution in [0.3, 0.4) is 0 Å². The molecule has 0 radical (unpaired) electrons. The fraction of sp³-hybridized carbons (Fsp3) is 0.0800. The number of carboxylic acid groups (broad SMARTS) is 2. The number of benzene rings is 3. The molecular formula is C25H20N2O4. The molecule has 0 spiro atoms. The molecule has 0 bridgehead atoms. The number of carbonyl (C=O) groups is 2. The summed E-state index contributed by atoms with van der Waals surface area (Å²) in [4.78, 5) is 23.0. The van der Waals surface area contributed by atoms with Gasteiger partial charge >= 0.3 is 11.9 Å². The second kappa shape index (κ2) is 8.67. The van der Waals surface area contributed by atoms with Crippen LogP contribution < -0.4 is 5.01 Å². The SMILES string of the molecule is O=C(O)c1ccc(N2N=C(/C=C/c3ccccc3)CC2c2ccccc2)cc1C(=O)O. The summed E-state index contributed by atoms with van der Waals surface area (Å²) < 4.78 is 0. The van der Waals surface area contributed by atoms with E-state index in [4.69, 9.17) is 5.10 Å². The third-order valence-corrected chi connectivity index (χ3v) is 5.11. The van der Waals surface area contributed by atoms with E-state index in [9.17, 15) is 19.8 Å². The Labute approximate surface area is 179 Å². The van der Waals surface area contributed by atoms with Crippen molar-refractivity contribution >= 4 is 29.4 Å². The highest BCUT2D eigenvalue weighted by molar-refractivity contribution is 6.03. The fourth-order valence-electron chi connectivity index (χ4n) is 3.60. The van der Waals surface area contributed by atoms with Gasteiger partial charge in [-0.15, -0.1) is 0 Å². The van der Waals surface area contributed by atoms with Crippen LogP contribution in [0.5, 0.6) is 0 Å². The maximum absolute atomic E-state index is 11.6. The molecule has 0 saturated heterocycles. The third-order valence-electron chi connectivity index (χ3n) is 5.11.